The third-order valence-electron chi connectivity index (χ3n) is 2.80. The molecular formula is C12H27N3O. The van der Waals surface area contributed by atoms with Gasteiger partial charge in [-0.1, -0.05) is 27.2 Å². The second kappa shape index (κ2) is 8.53. The lowest BCUT2D eigenvalue weighted by molar-refractivity contribution is -0.120. The third kappa shape index (κ3) is 6.80. The van der Waals surface area contributed by atoms with Gasteiger partial charge in [0, 0.05) is 13.1 Å². The highest BCUT2D eigenvalue weighted by atomic mass is 16.1. The van der Waals surface area contributed by atoms with Gasteiger partial charge >= 0.3 is 0 Å². The number of nitrogens with zero attached hydrogens (tertiary/aromatic N) is 1. The summed E-state index contributed by atoms with van der Waals surface area (Å²) >= 11 is 0. The van der Waals surface area contributed by atoms with Crippen LogP contribution in [0.1, 0.15) is 33.6 Å². The summed E-state index contributed by atoms with van der Waals surface area (Å²) in [6.45, 7) is 9.01. The van der Waals surface area contributed by atoms with E-state index in [9.17, 15) is 4.79 Å². The van der Waals surface area contributed by atoms with Crippen molar-refractivity contribution in [1.82, 2.24) is 10.2 Å². The van der Waals surface area contributed by atoms with Gasteiger partial charge in [0.25, 0.3) is 0 Å². The molecule has 4 heteroatoms. The van der Waals surface area contributed by atoms with Gasteiger partial charge in [-0.2, -0.15) is 0 Å². The number of likely N-dealkylation sites (N-methyl/N-ethyl adjacent to an activating group) is 1. The fourth-order valence-electron chi connectivity index (χ4n) is 1.62. The van der Waals surface area contributed by atoms with Gasteiger partial charge in [0.05, 0.1) is 6.04 Å². The van der Waals surface area contributed by atoms with E-state index in [1.807, 2.05) is 7.05 Å². The first kappa shape index (κ1) is 15.4. The van der Waals surface area contributed by atoms with Crippen LogP contribution in [0.5, 0.6) is 0 Å². The monoisotopic (exact) mass is 229 g/mol. The number of nitrogens with two attached hydrogens (primary N) is 1. The average molecular weight is 229 g/mol. The number of carbonyl (C=O) groups is 1. The summed E-state index contributed by atoms with van der Waals surface area (Å²) in [5, 5.41) is 3.17. The molecule has 1 amide bonds. The van der Waals surface area contributed by atoms with Gasteiger partial charge in [-0.3, -0.25) is 4.79 Å². The Morgan fingerprint density at radius 2 is 2.00 bits per heavy atom. The second-order valence-corrected chi connectivity index (χ2v) is 4.64. The van der Waals surface area contributed by atoms with Crippen molar-refractivity contribution < 1.29 is 4.79 Å². The average Bonchev–Trinajstić information content (AvgIpc) is 2.23. The Kier molecular flexibility index (Phi) is 8.21. The topological polar surface area (TPSA) is 58.4 Å². The smallest absolute Gasteiger partial charge is 0.235 e. The summed E-state index contributed by atoms with van der Waals surface area (Å²) < 4.78 is 0. The molecule has 96 valence electrons. The Balaban J connectivity index is 4.02. The minimum atomic E-state index is -0.260. The first-order chi connectivity index (χ1) is 7.51. The van der Waals surface area contributed by atoms with Crippen molar-refractivity contribution in [1.29, 1.82) is 0 Å². The van der Waals surface area contributed by atoms with E-state index in [0.717, 1.165) is 25.9 Å². The van der Waals surface area contributed by atoms with Crippen molar-refractivity contribution >= 4 is 5.91 Å². The lowest BCUT2D eigenvalue weighted by Crippen LogP contribution is -2.49. The standard InChI is InChI=1S/C12H27N3O/c1-5-7-14-11(12(13)16)9-15(4)8-10(3)6-2/h10-11,14H,5-9H2,1-4H3,(H2,13,16). The van der Waals surface area contributed by atoms with E-state index in [4.69, 9.17) is 5.73 Å². The van der Waals surface area contributed by atoms with Crippen LogP contribution in [-0.4, -0.2) is 43.5 Å². The molecule has 0 spiro atoms. The molecule has 0 aliphatic carbocycles. The highest BCUT2D eigenvalue weighted by Gasteiger charge is 2.17. The van der Waals surface area contributed by atoms with Crippen molar-refractivity contribution in [2.45, 2.75) is 39.7 Å². The van der Waals surface area contributed by atoms with Crippen LogP contribution in [0.25, 0.3) is 0 Å². The Hall–Kier alpha value is -0.610. The van der Waals surface area contributed by atoms with E-state index in [1.165, 1.54) is 0 Å². The number of nitrogens with one attached hydrogen (secondary N) is 1. The number of hydrogen-bond donors (Lipinski definition) is 2. The van der Waals surface area contributed by atoms with Gasteiger partial charge < -0.3 is 16.0 Å². The minimum absolute atomic E-state index is 0.228. The lowest BCUT2D eigenvalue weighted by atomic mass is 10.1. The molecule has 2 atom stereocenters. The zero-order valence-corrected chi connectivity index (χ0v) is 11.1. The maximum absolute atomic E-state index is 11.2. The number of amides is 1. The largest absolute Gasteiger partial charge is 0.368 e. The third-order valence-corrected chi connectivity index (χ3v) is 2.80. The molecule has 4 nitrogen and oxygen atoms in total. The molecule has 0 aliphatic rings. The summed E-state index contributed by atoms with van der Waals surface area (Å²) in [6, 6.07) is -0.228. The van der Waals surface area contributed by atoms with Crippen LogP contribution in [0.2, 0.25) is 0 Å². The fourth-order valence-corrected chi connectivity index (χ4v) is 1.62. The molecule has 0 radical (unpaired) electrons. The number of hydrogen-bond acceptors (Lipinski definition) is 3. The molecule has 0 fully saturated rings. The number of primary amides is 1. The molecule has 0 aromatic rings. The van der Waals surface area contributed by atoms with E-state index in [1.54, 1.807) is 0 Å². The van der Waals surface area contributed by atoms with Crippen LogP contribution in [0.15, 0.2) is 0 Å². The van der Waals surface area contributed by atoms with E-state index in [-0.39, 0.29) is 11.9 Å². The Bertz CT molecular complexity index is 197. The molecule has 0 aromatic heterocycles. The van der Waals surface area contributed by atoms with E-state index in [2.05, 4.69) is 31.0 Å². The highest BCUT2D eigenvalue weighted by molar-refractivity contribution is 5.80. The van der Waals surface area contributed by atoms with Gasteiger partial charge in [0.1, 0.15) is 0 Å². The molecular weight excluding hydrogens is 202 g/mol. The van der Waals surface area contributed by atoms with E-state index >= 15 is 0 Å². The summed E-state index contributed by atoms with van der Waals surface area (Å²) in [7, 11) is 2.04. The molecule has 0 rings (SSSR count). The minimum Gasteiger partial charge on any atom is -0.368 e. The first-order valence-electron chi connectivity index (χ1n) is 6.22. The summed E-state index contributed by atoms with van der Waals surface area (Å²) in [6.07, 6.45) is 2.17. The maximum Gasteiger partial charge on any atom is 0.235 e. The quantitative estimate of drug-likeness (QED) is 0.615. The lowest BCUT2D eigenvalue weighted by Gasteiger charge is -2.25. The Labute approximate surface area is 99.6 Å². The Morgan fingerprint density at radius 1 is 1.38 bits per heavy atom. The molecule has 0 bridgehead atoms. The molecule has 0 saturated heterocycles. The van der Waals surface area contributed by atoms with Gasteiger partial charge in [0.2, 0.25) is 5.91 Å². The van der Waals surface area contributed by atoms with Crippen molar-refractivity contribution in [2.75, 3.05) is 26.7 Å². The normalized spacial score (nSPS) is 15.1. The van der Waals surface area contributed by atoms with Gasteiger partial charge in [0.15, 0.2) is 0 Å². The van der Waals surface area contributed by atoms with Gasteiger partial charge in [-0.05, 0) is 25.9 Å². The van der Waals surface area contributed by atoms with Crippen molar-refractivity contribution in [3.63, 3.8) is 0 Å². The van der Waals surface area contributed by atoms with Crippen LogP contribution in [0.4, 0.5) is 0 Å². The summed E-state index contributed by atoms with van der Waals surface area (Å²) in [4.78, 5) is 13.4. The number of carbonyl (C=O) groups excluding carboxylic acids is 1. The maximum atomic E-state index is 11.2. The Morgan fingerprint density at radius 3 is 2.44 bits per heavy atom. The molecule has 2 unspecified atom stereocenters. The summed E-state index contributed by atoms with van der Waals surface area (Å²) in [5.41, 5.74) is 5.36. The predicted molar refractivity (Wildman–Crippen MR) is 68.2 cm³/mol. The zero-order valence-electron chi connectivity index (χ0n) is 11.1. The second-order valence-electron chi connectivity index (χ2n) is 4.64. The zero-order chi connectivity index (χ0) is 12.6. The van der Waals surface area contributed by atoms with Crippen LogP contribution < -0.4 is 11.1 Å². The number of rotatable bonds is 9. The van der Waals surface area contributed by atoms with Crippen LogP contribution in [0, 0.1) is 5.92 Å². The molecule has 0 aliphatic heterocycles. The van der Waals surface area contributed by atoms with Crippen LogP contribution in [-0.2, 0) is 4.79 Å². The highest BCUT2D eigenvalue weighted by Crippen LogP contribution is 2.03. The van der Waals surface area contributed by atoms with Gasteiger partial charge in [-0.15, -0.1) is 0 Å². The van der Waals surface area contributed by atoms with Gasteiger partial charge in [-0.25, -0.2) is 0 Å². The van der Waals surface area contributed by atoms with E-state index in [0.29, 0.717) is 12.5 Å². The predicted octanol–water partition coefficient (Wildman–Crippen LogP) is 0.818. The summed E-state index contributed by atoms with van der Waals surface area (Å²) in [5.74, 6) is 0.397. The molecule has 0 heterocycles. The molecule has 16 heavy (non-hydrogen) atoms. The van der Waals surface area contributed by atoms with Crippen LogP contribution >= 0.6 is 0 Å². The van der Waals surface area contributed by atoms with Crippen molar-refractivity contribution in [3.8, 4) is 0 Å². The van der Waals surface area contributed by atoms with Crippen LogP contribution in [0.3, 0.4) is 0 Å². The molecule has 3 N–H and O–H groups in total. The molecule has 0 saturated carbocycles. The molecule has 0 aromatic carbocycles. The van der Waals surface area contributed by atoms with Crippen molar-refractivity contribution in [2.24, 2.45) is 11.7 Å². The SMILES string of the molecule is CCCNC(CN(C)CC(C)CC)C(N)=O. The van der Waals surface area contributed by atoms with Crippen molar-refractivity contribution in [3.05, 3.63) is 0 Å². The first-order valence-corrected chi connectivity index (χ1v) is 6.22. The fraction of sp³-hybridized carbons (Fsp3) is 0.917. The van der Waals surface area contributed by atoms with E-state index < -0.39 is 0 Å².